The molecule has 24 heavy (non-hydrogen) atoms. The number of benzene rings is 2. The van der Waals surface area contributed by atoms with Gasteiger partial charge in [-0.25, -0.2) is 0 Å². The monoisotopic (exact) mass is 386 g/mol. The van der Waals surface area contributed by atoms with Gasteiger partial charge in [0, 0.05) is 17.9 Å². The smallest absolute Gasteiger partial charge is 0.311 e. The zero-order chi connectivity index (χ0) is 17.5. The van der Waals surface area contributed by atoms with E-state index in [9.17, 15) is 9.59 Å². The second-order valence-corrected chi connectivity index (χ2v) is 6.06. The molecule has 7 heteroatoms. The summed E-state index contributed by atoms with van der Waals surface area (Å²) in [6, 6.07) is 11.3. The Morgan fingerprint density at radius 2 is 1.42 bits per heavy atom. The van der Waals surface area contributed by atoms with Gasteiger partial charge in [0.05, 0.1) is 10.0 Å². The molecule has 0 spiro atoms. The molecule has 4 nitrogen and oxygen atoms in total. The normalized spacial score (nSPS) is 10.3. The maximum atomic E-state index is 11.8. The van der Waals surface area contributed by atoms with E-state index < -0.39 is 11.9 Å². The fourth-order valence-corrected chi connectivity index (χ4v) is 2.49. The van der Waals surface area contributed by atoms with Crippen LogP contribution in [0.5, 0.6) is 11.5 Å². The van der Waals surface area contributed by atoms with E-state index in [2.05, 4.69) is 0 Å². The Hall–Kier alpha value is -1.75. The topological polar surface area (TPSA) is 52.6 Å². The number of rotatable bonds is 6. The summed E-state index contributed by atoms with van der Waals surface area (Å²) in [5.41, 5.74) is 0. The zero-order valence-electron chi connectivity index (χ0n) is 12.4. The summed E-state index contributed by atoms with van der Waals surface area (Å²) in [7, 11) is 0. The Balaban J connectivity index is 1.77. The molecule has 0 heterocycles. The Labute approximate surface area is 154 Å². The highest BCUT2D eigenvalue weighted by molar-refractivity contribution is 6.37. The predicted octanol–water partition coefficient (Wildman–Crippen LogP) is 5.33. The van der Waals surface area contributed by atoms with Crippen LogP contribution in [0.4, 0.5) is 0 Å². The van der Waals surface area contributed by atoms with Crippen LogP contribution in [-0.2, 0) is 9.59 Å². The zero-order valence-corrected chi connectivity index (χ0v) is 14.7. The van der Waals surface area contributed by atoms with Gasteiger partial charge in [-0.2, -0.15) is 0 Å². The van der Waals surface area contributed by atoms with Gasteiger partial charge in [0.25, 0.3) is 0 Å². The van der Waals surface area contributed by atoms with Crippen LogP contribution in [-0.4, -0.2) is 11.9 Å². The van der Waals surface area contributed by atoms with Crippen molar-refractivity contribution in [3.05, 3.63) is 57.5 Å². The molecule has 0 aliphatic rings. The van der Waals surface area contributed by atoms with Gasteiger partial charge in [-0.15, -0.1) is 0 Å². The lowest BCUT2D eigenvalue weighted by Crippen LogP contribution is -2.12. The third-order valence-electron chi connectivity index (χ3n) is 2.92. The molecule has 2 aromatic carbocycles. The molecule has 0 bridgehead atoms. The van der Waals surface area contributed by atoms with Crippen LogP contribution in [0.25, 0.3) is 0 Å². The van der Waals surface area contributed by atoms with Gasteiger partial charge in [-0.3, -0.25) is 9.59 Å². The first kappa shape index (κ1) is 18.6. The summed E-state index contributed by atoms with van der Waals surface area (Å²) in [6.07, 6.45) is 0.379. The lowest BCUT2D eigenvalue weighted by atomic mass is 10.2. The van der Waals surface area contributed by atoms with Crippen LogP contribution >= 0.6 is 34.8 Å². The molecule has 0 atom stereocenters. The van der Waals surface area contributed by atoms with Gasteiger partial charge in [-0.05, 0) is 36.8 Å². The van der Waals surface area contributed by atoms with E-state index in [-0.39, 0.29) is 35.1 Å². The molecular weight excluding hydrogens is 375 g/mol. The van der Waals surface area contributed by atoms with Gasteiger partial charge in [0.2, 0.25) is 0 Å². The second-order valence-electron chi connectivity index (χ2n) is 4.81. The first-order chi connectivity index (χ1) is 11.5. The van der Waals surface area contributed by atoms with E-state index in [1.165, 1.54) is 6.07 Å². The first-order valence-corrected chi connectivity index (χ1v) is 8.20. The van der Waals surface area contributed by atoms with E-state index in [1.54, 1.807) is 36.4 Å². The number of hydrogen-bond acceptors (Lipinski definition) is 4. The molecule has 0 fully saturated rings. The second kappa shape index (κ2) is 8.92. The van der Waals surface area contributed by atoms with E-state index in [4.69, 9.17) is 44.3 Å². The van der Waals surface area contributed by atoms with Gasteiger partial charge in [0.15, 0.2) is 5.75 Å². The van der Waals surface area contributed by atoms with Gasteiger partial charge >= 0.3 is 11.9 Å². The largest absolute Gasteiger partial charge is 0.426 e. The number of carbonyl (C=O) groups excluding carboxylic acids is 2. The SMILES string of the molecule is O=C(CCCC(=O)Oc1c(Cl)cccc1Cl)Oc1cccc(Cl)c1. The molecule has 0 aliphatic heterocycles. The summed E-state index contributed by atoms with van der Waals surface area (Å²) in [5, 5.41) is 0.966. The number of esters is 2. The molecule has 2 rings (SSSR count). The number of para-hydroxylation sites is 1. The van der Waals surface area contributed by atoms with Crippen molar-refractivity contribution >= 4 is 46.7 Å². The van der Waals surface area contributed by atoms with Crippen molar-refractivity contribution in [2.45, 2.75) is 19.3 Å². The quantitative estimate of drug-likeness (QED) is 0.497. The van der Waals surface area contributed by atoms with Crippen LogP contribution in [0.2, 0.25) is 15.1 Å². The Morgan fingerprint density at radius 3 is 2.04 bits per heavy atom. The number of carbonyl (C=O) groups is 2. The average Bonchev–Trinajstić information content (AvgIpc) is 2.51. The summed E-state index contributed by atoms with van der Waals surface area (Å²) in [6.45, 7) is 0. The summed E-state index contributed by atoms with van der Waals surface area (Å²) in [4.78, 5) is 23.5. The molecule has 0 aliphatic carbocycles. The Bertz CT molecular complexity index is 726. The predicted molar refractivity (Wildman–Crippen MR) is 93.0 cm³/mol. The standard InChI is InChI=1S/C17H13Cl3O4/c18-11-4-1-5-12(10-11)23-15(21)8-3-9-16(22)24-17-13(19)6-2-7-14(17)20/h1-2,4-7,10H,3,8-9H2. The third-order valence-corrected chi connectivity index (χ3v) is 3.75. The van der Waals surface area contributed by atoms with Crippen LogP contribution in [0.15, 0.2) is 42.5 Å². The first-order valence-electron chi connectivity index (χ1n) is 7.06. The maximum Gasteiger partial charge on any atom is 0.311 e. The van der Waals surface area contributed by atoms with Gasteiger partial charge in [0.1, 0.15) is 5.75 Å². The van der Waals surface area contributed by atoms with E-state index in [0.29, 0.717) is 10.8 Å². The van der Waals surface area contributed by atoms with E-state index in [0.717, 1.165) is 0 Å². The van der Waals surface area contributed by atoms with Gasteiger partial charge in [-0.1, -0.05) is 46.9 Å². The fraction of sp³-hybridized carbons (Fsp3) is 0.176. The number of halogens is 3. The average molecular weight is 388 g/mol. The molecule has 0 aromatic heterocycles. The van der Waals surface area contributed by atoms with Crippen molar-refractivity contribution < 1.29 is 19.1 Å². The van der Waals surface area contributed by atoms with Crippen molar-refractivity contribution in [3.63, 3.8) is 0 Å². The molecule has 0 N–H and O–H groups in total. The summed E-state index contributed by atoms with van der Waals surface area (Å²) >= 11 is 17.6. The Morgan fingerprint density at radius 1 is 0.833 bits per heavy atom. The molecule has 0 saturated carbocycles. The molecule has 0 saturated heterocycles. The van der Waals surface area contributed by atoms with E-state index in [1.807, 2.05) is 0 Å². The Kier molecular flexibility index (Phi) is 6.91. The van der Waals surface area contributed by atoms with Gasteiger partial charge < -0.3 is 9.47 Å². The third kappa shape index (κ3) is 5.71. The maximum absolute atomic E-state index is 11.8. The van der Waals surface area contributed by atoms with Crippen LogP contribution in [0, 0.1) is 0 Å². The van der Waals surface area contributed by atoms with Crippen LogP contribution in [0.1, 0.15) is 19.3 Å². The van der Waals surface area contributed by atoms with E-state index >= 15 is 0 Å². The summed E-state index contributed by atoms with van der Waals surface area (Å²) < 4.78 is 10.2. The lowest BCUT2D eigenvalue weighted by Gasteiger charge is -2.08. The minimum atomic E-state index is -0.527. The van der Waals surface area contributed by atoms with Crippen LogP contribution in [0.3, 0.4) is 0 Å². The molecule has 126 valence electrons. The van der Waals surface area contributed by atoms with Crippen molar-refractivity contribution in [1.29, 1.82) is 0 Å². The van der Waals surface area contributed by atoms with Crippen LogP contribution < -0.4 is 9.47 Å². The highest BCUT2D eigenvalue weighted by atomic mass is 35.5. The highest BCUT2D eigenvalue weighted by Crippen LogP contribution is 2.32. The van der Waals surface area contributed by atoms with Crippen molar-refractivity contribution in [1.82, 2.24) is 0 Å². The fourth-order valence-electron chi connectivity index (χ4n) is 1.83. The highest BCUT2D eigenvalue weighted by Gasteiger charge is 2.13. The minimum absolute atomic E-state index is 0.0339. The number of hydrogen-bond donors (Lipinski definition) is 0. The van der Waals surface area contributed by atoms with Crippen molar-refractivity contribution in [3.8, 4) is 11.5 Å². The molecular formula is C17H13Cl3O4. The minimum Gasteiger partial charge on any atom is -0.426 e. The molecule has 0 radical (unpaired) electrons. The van der Waals surface area contributed by atoms with Crippen molar-refractivity contribution in [2.24, 2.45) is 0 Å². The number of ether oxygens (including phenoxy) is 2. The molecule has 0 amide bonds. The molecule has 2 aromatic rings. The summed E-state index contributed by atoms with van der Waals surface area (Å²) in [5.74, 6) is -0.508. The lowest BCUT2D eigenvalue weighted by molar-refractivity contribution is -0.136. The molecule has 0 unspecified atom stereocenters. The van der Waals surface area contributed by atoms with Crippen molar-refractivity contribution in [2.75, 3.05) is 0 Å².